The van der Waals surface area contributed by atoms with E-state index in [0.717, 1.165) is 17.1 Å². The van der Waals surface area contributed by atoms with E-state index in [0.29, 0.717) is 32.7 Å². The average molecular weight is 368 g/mol. The number of aromatic nitrogens is 1. The molecule has 0 saturated carbocycles. The molecule has 7 heteroatoms. The van der Waals surface area contributed by atoms with Crippen LogP contribution in [0.15, 0.2) is 48.7 Å². The highest BCUT2D eigenvalue weighted by Crippen LogP contribution is 2.17. The van der Waals surface area contributed by atoms with Crippen LogP contribution in [0.1, 0.15) is 12.0 Å². The zero-order valence-electron chi connectivity index (χ0n) is 15.4. The van der Waals surface area contributed by atoms with Gasteiger partial charge in [-0.05, 0) is 18.2 Å². The molecule has 0 spiro atoms. The molecule has 1 aliphatic rings. The van der Waals surface area contributed by atoms with Gasteiger partial charge in [-0.1, -0.05) is 24.3 Å². The largest absolute Gasteiger partial charge is 0.496 e. The molecular weight excluding hydrogens is 344 g/mol. The van der Waals surface area contributed by atoms with Crippen molar-refractivity contribution < 1.29 is 14.3 Å². The van der Waals surface area contributed by atoms with Gasteiger partial charge in [0.15, 0.2) is 0 Å². The van der Waals surface area contributed by atoms with Crippen LogP contribution in [-0.2, 0) is 16.1 Å². The Morgan fingerprint density at radius 2 is 1.81 bits per heavy atom. The summed E-state index contributed by atoms with van der Waals surface area (Å²) in [5.41, 5.74) is 0.879. The summed E-state index contributed by atoms with van der Waals surface area (Å²) in [6, 6.07) is 13.3. The second-order valence-corrected chi connectivity index (χ2v) is 6.32. The lowest BCUT2D eigenvalue weighted by Crippen LogP contribution is -2.49. The molecular formula is C20H24N4O3. The molecule has 0 radical (unpaired) electrons. The topological polar surface area (TPSA) is 74.8 Å². The van der Waals surface area contributed by atoms with Crippen molar-refractivity contribution in [2.75, 3.05) is 38.2 Å². The Balaban J connectivity index is 1.44. The molecule has 0 atom stereocenters. The summed E-state index contributed by atoms with van der Waals surface area (Å²) < 4.78 is 5.26. The number of anilines is 1. The maximum Gasteiger partial charge on any atom is 0.232 e. The fraction of sp³-hybridized carbons (Fsp3) is 0.350. The number of benzene rings is 1. The number of amides is 2. The van der Waals surface area contributed by atoms with Crippen LogP contribution in [-0.4, -0.2) is 55.0 Å². The molecule has 0 bridgehead atoms. The van der Waals surface area contributed by atoms with Crippen LogP contribution < -0.4 is 15.0 Å². The number of ether oxygens (including phenoxy) is 1. The minimum absolute atomic E-state index is 0.140. The number of nitrogens with one attached hydrogen (secondary N) is 1. The van der Waals surface area contributed by atoms with Crippen LogP contribution in [0.4, 0.5) is 5.82 Å². The van der Waals surface area contributed by atoms with Crippen LogP contribution in [0.5, 0.6) is 5.75 Å². The molecule has 1 aliphatic heterocycles. The fourth-order valence-electron chi connectivity index (χ4n) is 3.08. The van der Waals surface area contributed by atoms with Gasteiger partial charge in [-0.15, -0.1) is 0 Å². The molecule has 0 unspecified atom stereocenters. The summed E-state index contributed by atoms with van der Waals surface area (Å²) in [6.45, 7) is 2.95. The number of rotatable bonds is 6. The second kappa shape index (κ2) is 9.02. The zero-order valence-corrected chi connectivity index (χ0v) is 15.4. The average Bonchev–Trinajstić information content (AvgIpc) is 2.73. The van der Waals surface area contributed by atoms with E-state index in [4.69, 9.17) is 4.74 Å². The molecule has 2 aromatic rings. The SMILES string of the molecule is COc1ccccc1CNC(=O)CC(=O)N1CCN(c2ccccn2)CC1. The highest BCUT2D eigenvalue weighted by atomic mass is 16.5. The Morgan fingerprint density at radius 1 is 1.07 bits per heavy atom. The molecule has 0 aliphatic carbocycles. The normalized spacial score (nSPS) is 14.0. The maximum atomic E-state index is 12.4. The molecule has 3 rings (SSSR count). The summed E-state index contributed by atoms with van der Waals surface area (Å²) in [4.78, 5) is 32.7. The fourth-order valence-corrected chi connectivity index (χ4v) is 3.08. The van der Waals surface area contributed by atoms with Crippen molar-refractivity contribution in [3.05, 3.63) is 54.2 Å². The Labute approximate surface area is 158 Å². The predicted octanol–water partition coefficient (Wildman–Crippen LogP) is 1.45. The van der Waals surface area contributed by atoms with Gasteiger partial charge >= 0.3 is 0 Å². The highest BCUT2D eigenvalue weighted by Gasteiger charge is 2.23. The van der Waals surface area contributed by atoms with E-state index in [2.05, 4.69) is 15.2 Å². The molecule has 1 aromatic heterocycles. The van der Waals surface area contributed by atoms with Crippen molar-refractivity contribution in [2.45, 2.75) is 13.0 Å². The number of hydrogen-bond acceptors (Lipinski definition) is 5. The first-order valence-electron chi connectivity index (χ1n) is 8.99. The van der Waals surface area contributed by atoms with E-state index in [1.807, 2.05) is 42.5 Å². The van der Waals surface area contributed by atoms with Gasteiger partial charge in [-0.2, -0.15) is 0 Å². The summed E-state index contributed by atoms with van der Waals surface area (Å²) in [5, 5.41) is 2.79. The van der Waals surface area contributed by atoms with E-state index in [9.17, 15) is 9.59 Å². The number of carbonyl (C=O) groups is 2. The molecule has 1 N–H and O–H groups in total. The molecule has 142 valence electrons. The minimum Gasteiger partial charge on any atom is -0.496 e. The van der Waals surface area contributed by atoms with Gasteiger partial charge in [0.1, 0.15) is 18.0 Å². The number of pyridine rings is 1. The predicted molar refractivity (Wildman–Crippen MR) is 102 cm³/mol. The Bertz CT molecular complexity index is 774. The molecule has 27 heavy (non-hydrogen) atoms. The monoisotopic (exact) mass is 368 g/mol. The van der Waals surface area contributed by atoms with Crippen LogP contribution in [0.2, 0.25) is 0 Å². The van der Waals surface area contributed by atoms with Gasteiger partial charge in [0, 0.05) is 44.5 Å². The third-order valence-corrected chi connectivity index (χ3v) is 4.59. The van der Waals surface area contributed by atoms with Gasteiger partial charge in [0.2, 0.25) is 11.8 Å². The van der Waals surface area contributed by atoms with E-state index in [1.165, 1.54) is 0 Å². The van der Waals surface area contributed by atoms with Crippen molar-refractivity contribution in [2.24, 2.45) is 0 Å². The summed E-state index contributed by atoms with van der Waals surface area (Å²) in [6.07, 6.45) is 1.62. The third-order valence-electron chi connectivity index (χ3n) is 4.59. The minimum atomic E-state index is -0.280. The van der Waals surface area contributed by atoms with E-state index in [-0.39, 0.29) is 18.2 Å². The quantitative estimate of drug-likeness (QED) is 0.781. The summed E-state index contributed by atoms with van der Waals surface area (Å²) in [5.74, 6) is 1.21. The Hall–Kier alpha value is -3.09. The smallest absolute Gasteiger partial charge is 0.232 e. The Morgan fingerprint density at radius 3 is 2.52 bits per heavy atom. The molecule has 2 heterocycles. The standard InChI is InChI=1S/C20H24N4O3/c1-27-17-7-3-2-6-16(17)15-22-19(25)14-20(26)24-12-10-23(11-13-24)18-8-4-5-9-21-18/h2-9H,10-15H2,1H3,(H,22,25). The van der Waals surface area contributed by atoms with E-state index < -0.39 is 0 Å². The van der Waals surface area contributed by atoms with Gasteiger partial charge in [-0.3, -0.25) is 9.59 Å². The van der Waals surface area contributed by atoms with Crippen LogP contribution in [0.3, 0.4) is 0 Å². The highest BCUT2D eigenvalue weighted by molar-refractivity contribution is 5.97. The lowest BCUT2D eigenvalue weighted by Gasteiger charge is -2.35. The first-order valence-corrected chi connectivity index (χ1v) is 8.99. The van der Waals surface area contributed by atoms with Crippen molar-refractivity contribution >= 4 is 17.6 Å². The molecule has 1 aromatic carbocycles. The molecule has 7 nitrogen and oxygen atoms in total. The lowest BCUT2D eigenvalue weighted by molar-refractivity contribution is -0.136. The zero-order chi connectivity index (χ0) is 19.1. The van der Waals surface area contributed by atoms with Gasteiger partial charge < -0.3 is 19.9 Å². The maximum absolute atomic E-state index is 12.4. The van der Waals surface area contributed by atoms with Crippen molar-refractivity contribution in [1.82, 2.24) is 15.2 Å². The van der Waals surface area contributed by atoms with Gasteiger partial charge in [0.05, 0.1) is 7.11 Å². The van der Waals surface area contributed by atoms with E-state index in [1.54, 1.807) is 18.2 Å². The Kier molecular flexibility index (Phi) is 6.25. The van der Waals surface area contributed by atoms with Crippen molar-refractivity contribution in [1.29, 1.82) is 0 Å². The third kappa shape index (κ3) is 4.97. The molecule has 1 fully saturated rings. The van der Waals surface area contributed by atoms with Gasteiger partial charge in [-0.25, -0.2) is 4.98 Å². The number of para-hydroxylation sites is 1. The van der Waals surface area contributed by atoms with Crippen LogP contribution in [0.25, 0.3) is 0 Å². The number of piperazine rings is 1. The lowest BCUT2D eigenvalue weighted by atomic mass is 10.2. The van der Waals surface area contributed by atoms with Crippen molar-refractivity contribution in [3.63, 3.8) is 0 Å². The summed E-state index contributed by atoms with van der Waals surface area (Å²) in [7, 11) is 1.59. The first-order chi connectivity index (χ1) is 13.2. The van der Waals surface area contributed by atoms with E-state index >= 15 is 0 Å². The van der Waals surface area contributed by atoms with Gasteiger partial charge in [0.25, 0.3) is 0 Å². The first kappa shape index (κ1) is 18.7. The second-order valence-electron chi connectivity index (χ2n) is 6.32. The number of hydrogen-bond donors (Lipinski definition) is 1. The number of methoxy groups -OCH3 is 1. The molecule has 1 saturated heterocycles. The van der Waals surface area contributed by atoms with Crippen molar-refractivity contribution in [3.8, 4) is 5.75 Å². The number of carbonyl (C=O) groups excluding carboxylic acids is 2. The summed E-state index contributed by atoms with van der Waals surface area (Å²) >= 11 is 0. The van der Waals surface area contributed by atoms with Crippen LogP contribution in [0, 0.1) is 0 Å². The number of nitrogens with zero attached hydrogens (tertiary/aromatic N) is 3. The van der Waals surface area contributed by atoms with Crippen LogP contribution >= 0.6 is 0 Å². The molecule has 2 amide bonds.